The van der Waals surface area contributed by atoms with Crippen LogP contribution in [0, 0.1) is 0 Å². The first-order valence-electron chi connectivity index (χ1n) is 6.35. The van der Waals surface area contributed by atoms with Crippen LogP contribution in [-0.2, 0) is 11.2 Å². The van der Waals surface area contributed by atoms with Crippen molar-refractivity contribution >= 4 is 33.3 Å². The average Bonchev–Trinajstić information content (AvgIpc) is 2.82. The number of aliphatic carboxylic acids is 1. The Balaban J connectivity index is 2.35. The van der Waals surface area contributed by atoms with Gasteiger partial charge in [0.25, 0.3) is 0 Å². The molecule has 0 aliphatic carbocycles. The first kappa shape index (κ1) is 13.7. The normalized spacial score (nSPS) is 10.8. The number of rotatable bonds is 6. The highest BCUT2D eigenvalue weighted by Gasteiger charge is 2.14. The monoisotopic (exact) mass is 279 g/mol. The fourth-order valence-corrected chi connectivity index (χ4v) is 2.89. The summed E-state index contributed by atoms with van der Waals surface area (Å²) in [6, 6.07) is 2.11. The van der Waals surface area contributed by atoms with Crippen molar-refractivity contribution in [2.24, 2.45) is 0 Å². The van der Waals surface area contributed by atoms with Gasteiger partial charge in [-0.25, -0.2) is 9.97 Å². The van der Waals surface area contributed by atoms with Crippen molar-refractivity contribution in [3.8, 4) is 0 Å². The van der Waals surface area contributed by atoms with Gasteiger partial charge in [-0.15, -0.1) is 11.3 Å². The number of hydrogen-bond acceptors (Lipinski definition) is 5. The second kappa shape index (κ2) is 5.97. The third-order valence-electron chi connectivity index (χ3n) is 2.98. The molecule has 0 saturated carbocycles. The van der Waals surface area contributed by atoms with Gasteiger partial charge in [0, 0.05) is 18.0 Å². The molecule has 0 spiro atoms. The van der Waals surface area contributed by atoms with Crippen LogP contribution < -0.4 is 4.90 Å². The van der Waals surface area contributed by atoms with Crippen LogP contribution in [0.4, 0.5) is 5.82 Å². The average molecular weight is 279 g/mol. The zero-order chi connectivity index (χ0) is 13.8. The Morgan fingerprint density at radius 3 is 2.84 bits per heavy atom. The summed E-state index contributed by atoms with van der Waals surface area (Å²) < 4.78 is 0. The van der Waals surface area contributed by atoms with Gasteiger partial charge in [0.1, 0.15) is 17.0 Å². The summed E-state index contributed by atoms with van der Waals surface area (Å²) in [7, 11) is 0. The van der Waals surface area contributed by atoms with Crippen molar-refractivity contribution in [3.63, 3.8) is 0 Å². The molecular formula is C13H17N3O2S. The number of carboxylic acid groups (broad SMARTS) is 1. The van der Waals surface area contributed by atoms with E-state index in [1.807, 2.05) is 11.8 Å². The molecule has 0 bridgehead atoms. The highest BCUT2D eigenvalue weighted by Crippen LogP contribution is 2.30. The third kappa shape index (κ3) is 3.01. The maximum Gasteiger partial charge on any atom is 0.305 e. The number of nitrogens with zero attached hydrogens (tertiary/aromatic N) is 3. The van der Waals surface area contributed by atoms with E-state index in [2.05, 4.69) is 23.0 Å². The molecule has 0 aliphatic heterocycles. The van der Waals surface area contributed by atoms with E-state index in [-0.39, 0.29) is 6.42 Å². The molecule has 0 aromatic carbocycles. The molecule has 2 aromatic heterocycles. The molecule has 0 atom stereocenters. The van der Waals surface area contributed by atoms with Crippen LogP contribution in [-0.4, -0.2) is 34.1 Å². The number of thiophene rings is 1. The van der Waals surface area contributed by atoms with E-state index >= 15 is 0 Å². The van der Waals surface area contributed by atoms with Crippen LogP contribution in [0.5, 0.6) is 0 Å². The molecule has 0 amide bonds. The fraction of sp³-hybridized carbons (Fsp3) is 0.462. The SMILES string of the molecule is CCc1cc2c(N(CC)CCC(=O)O)ncnc2s1. The Hall–Kier alpha value is -1.69. The van der Waals surface area contributed by atoms with E-state index in [9.17, 15) is 4.79 Å². The van der Waals surface area contributed by atoms with Gasteiger partial charge in [-0.2, -0.15) is 0 Å². The molecule has 0 radical (unpaired) electrons. The number of fused-ring (bicyclic) bond motifs is 1. The van der Waals surface area contributed by atoms with Gasteiger partial charge in [0.15, 0.2) is 0 Å². The minimum Gasteiger partial charge on any atom is -0.481 e. The van der Waals surface area contributed by atoms with Gasteiger partial charge in [0.2, 0.25) is 0 Å². The Bertz CT molecular complexity index is 582. The molecule has 6 heteroatoms. The van der Waals surface area contributed by atoms with Gasteiger partial charge in [-0.05, 0) is 19.4 Å². The lowest BCUT2D eigenvalue weighted by molar-refractivity contribution is -0.136. The number of aryl methyl sites for hydroxylation is 1. The molecule has 19 heavy (non-hydrogen) atoms. The summed E-state index contributed by atoms with van der Waals surface area (Å²) in [4.78, 5) is 23.6. The number of anilines is 1. The van der Waals surface area contributed by atoms with E-state index in [0.29, 0.717) is 6.54 Å². The van der Waals surface area contributed by atoms with Crippen LogP contribution in [0.1, 0.15) is 25.1 Å². The zero-order valence-corrected chi connectivity index (χ0v) is 11.9. The van der Waals surface area contributed by atoms with E-state index in [1.165, 1.54) is 4.88 Å². The molecule has 1 N–H and O–H groups in total. The first-order valence-corrected chi connectivity index (χ1v) is 7.17. The number of aromatic nitrogens is 2. The molecule has 2 heterocycles. The van der Waals surface area contributed by atoms with E-state index in [1.54, 1.807) is 17.7 Å². The minimum absolute atomic E-state index is 0.115. The summed E-state index contributed by atoms with van der Waals surface area (Å²) >= 11 is 1.67. The maximum atomic E-state index is 10.7. The molecule has 0 aliphatic rings. The summed E-state index contributed by atoms with van der Waals surface area (Å²) in [5.74, 6) is 0.0491. The van der Waals surface area contributed by atoms with Gasteiger partial charge >= 0.3 is 5.97 Å². The third-order valence-corrected chi connectivity index (χ3v) is 4.17. The molecule has 2 aromatic rings. The second-order valence-electron chi connectivity index (χ2n) is 4.21. The number of hydrogen-bond donors (Lipinski definition) is 1. The summed E-state index contributed by atoms with van der Waals surface area (Å²) in [6.07, 6.45) is 2.64. The largest absolute Gasteiger partial charge is 0.481 e. The van der Waals surface area contributed by atoms with Gasteiger partial charge in [-0.1, -0.05) is 6.92 Å². The van der Waals surface area contributed by atoms with Crippen molar-refractivity contribution in [1.29, 1.82) is 0 Å². The van der Waals surface area contributed by atoms with E-state index in [0.717, 1.165) is 29.0 Å². The lowest BCUT2D eigenvalue weighted by atomic mass is 10.3. The fourth-order valence-electron chi connectivity index (χ4n) is 1.96. The first-order chi connectivity index (χ1) is 9.15. The van der Waals surface area contributed by atoms with Crippen LogP contribution >= 0.6 is 11.3 Å². The highest BCUT2D eigenvalue weighted by atomic mass is 32.1. The van der Waals surface area contributed by atoms with E-state index in [4.69, 9.17) is 5.11 Å². The number of carboxylic acids is 1. The maximum absolute atomic E-state index is 10.7. The summed E-state index contributed by atoms with van der Waals surface area (Å²) in [5, 5.41) is 9.83. The standard InChI is InChI=1S/C13H17N3O2S/c1-3-9-7-10-12(14-8-15-13(10)19-9)16(4-2)6-5-11(17)18/h7-8H,3-6H2,1-2H3,(H,17,18). The van der Waals surface area contributed by atoms with E-state index < -0.39 is 5.97 Å². The molecular weight excluding hydrogens is 262 g/mol. The lowest BCUT2D eigenvalue weighted by Gasteiger charge is -2.21. The quantitative estimate of drug-likeness (QED) is 0.880. The van der Waals surface area contributed by atoms with Crippen molar-refractivity contribution in [1.82, 2.24) is 9.97 Å². The van der Waals surface area contributed by atoms with Crippen molar-refractivity contribution in [2.75, 3.05) is 18.0 Å². The predicted molar refractivity (Wildman–Crippen MR) is 76.9 cm³/mol. The second-order valence-corrected chi connectivity index (χ2v) is 5.32. The Morgan fingerprint density at radius 1 is 1.42 bits per heavy atom. The molecule has 0 fully saturated rings. The number of carbonyl (C=O) groups is 1. The molecule has 5 nitrogen and oxygen atoms in total. The van der Waals surface area contributed by atoms with Crippen molar-refractivity contribution < 1.29 is 9.90 Å². The van der Waals surface area contributed by atoms with Crippen LogP contribution in [0.2, 0.25) is 0 Å². The molecule has 2 rings (SSSR count). The topological polar surface area (TPSA) is 66.3 Å². The van der Waals surface area contributed by atoms with Crippen LogP contribution in [0.15, 0.2) is 12.4 Å². The smallest absolute Gasteiger partial charge is 0.305 e. The Kier molecular flexibility index (Phi) is 4.31. The lowest BCUT2D eigenvalue weighted by Crippen LogP contribution is -2.26. The van der Waals surface area contributed by atoms with Crippen LogP contribution in [0.3, 0.4) is 0 Å². The van der Waals surface area contributed by atoms with Crippen LogP contribution in [0.25, 0.3) is 10.2 Å². The predicted octanol–water partition coefficient (Wildman–Crippen LogP) is 2.55. The van der Waals surface area contributed by atoms with Gasteiger partial charge < -0.3 is 10.0 Å². The molecule has 102 valence electrons. The van der Waals surface area contributed by atoms with Gasteiger partial charge in [-0.3, -0.25) is 4.79 Å². The van der Waals surface area contributed by atoms with Crippen molar-refractivity contribution in [2.45, 2.75) is 26.7 Å². The Morgan fingerprint density at radius 2 is 2.21 bits per heavy atom. The zero-order valence-electron chi connectivity index (χ0n) is 11.1. The van der Waals surface area contributed by atoms with Crippen molar-refractivity contribution in [3.05, 3.63) is 17.3 Å². The Labute approximate surface area is 115 Å². The van der Waals surface area contributed by atoms with Gasteiger partial charge in [0.05, 0.1) is 11.8 Å². The summed E-state index contributed by atoms with van der Waals surface area (Å²) in [5.41, 5.74) is 0. The molecule has 0 saturated heterocycles. The summed E-state index contributed by atoms with van der Waals surface area (Å²) in [6.45, 7) is 5.31. The molecule has 0 unspecified atom stereocenters. The highest BCUT2D eigenvalue weighted by molar-refractivity contribution is 7.18. The minimum atomic E-state index is -0.789.